The van der Waals surface area contributed by atoms with Gasteiger partial charge in [0, 0.05) is 12.1 Å². The minimum atomic E-state index is 0.772. The van der Waals surface area contributed by atoms with Gasteiger partial charge in [-0.05, 0) is 56.6 Å². The zero-order valence-electron chi connectivity index (χ0n) is 12.8. The fourth-order valence-electron chi connectivity index (χ4n) is 4.59. The molecule has 0 aromatic heterocycles. The third-order valence-corrected chi connectivity index (χ3v) is 5.60. The monoisotopic (exact) mass is 257 g/mol. The van der Waals surface area contributed by atoms with Gasteiger partial charge in [0.05, 0.1) is 0 Å². The lowest BCUT2D eigenvalue weighted by molar-refractivity contribution is 0.0727. The summed E-state index contributed by atoms with van der Waals surface area (Å²) in [5.74, 6) is 2.37. The molecule has 2 bridgehead atoms. The van der Waals surface area contributed by atoms with E-state index in [1.165, 1.54) is 24.8 Å². The molecule has 2 heterocycles. The van der Waals surface area contributed by atoms with Crippen LogP contribution in [0.3, 0.4) is 0 Å². The van der Waals surface area contributed by atoms with Crippen LogP contribution >= 0.6 is 0 Å². The molecule has 19 heavy (non-hydrogen) atoms. The van der Waals surface area contributed by atoms with Gasteiger partial charge in [-0.3, -0.25) is 0 Å². The van der Waals surface area contributed by atoms with Gasteiger partial charge in [0.1, 0.15) is 0 Å². The number of rotatable bonds is 2. The number of hydrogen-bond acceptors (Lipinski definition) is 1. The summed E-state index contributed by atoms with van der Waals surface area (Å²) in [6, 6.07) is 11.0. The van der Waals surface area contributed by atoms with Crippen LogP contribution in [-0.4, -0.2) is 24.0 Å². The first-order valence-corrected chi connectivity index (χ1v) is 7.86. The third-order valence-electron chi connectivity index (χ3n) is 5.60. The predicted molar refractivity (Wildman–Crippen MR) is 81.4 cm³/mol. The lowest BCUT2D eigenvalue weighted by atomic mass is 9.71. The summed E-state index contributed by atoms with van der Waals surface area (Å²) in [4.78, 5) is 2.68. The first kappa shape index (κ1) is 13.2. The summed E-state index contributed by atoms with van der Waals surface area (Å²) in [6.07, 6.45) is 4.18. The highest BCUT2D eigenvalue weighted by Crippen LogP contribution is 2.48. The van der Waals surface area contributed by atoms with Crippen LogP contribution in [0.15, 0.2) is 24.3 Å². The van der Waals surface area contributed by atoms with E-state index in [0.29, 0.717) is 0 Å². The van der Waals surface area contributed by atoms with E-state index >= 15 is 0 Å². The Balaban J connectivity index is 1.93. The molecule has 0 amide bonds. The lowest BCUT2D eigenvalue weighted by Crippen LogP contribution is -2.47. The van der Waals surface area contributed by atoms with Crippen molar-refractivity contribution in [2.75, 3.05) is 7.05 Å². The van der Waals surface area contributed by atoms with Crippen molar-refractivity contribution in [1.29, 1.82) is 0 Å². The van der Waals surface area contributed by atoms with E-state index in [2.05, 4.69) is 57.0 Å². The van der Waals surface area contributed by atoms with Crippen LogP contribution in [-0.2, 0) is 0 Å². The van der Waals surface area contributed by atoms with Crippen molar-refractivity contribution >= 4 is 0 Å². The zero-order chi connectivity index (χ0) is 13.6. The quantitative estimate of drug-likeness (QED) is 0.767. The van der Waals surface area contributed by atoms with Gasteiger partial charge in [-0.2, -0.15) is 0 Å². The van der Waals surface area contributed by atoms with Crippen LogP contribution in [0.5, 0.6) is 0 Å². The highest BCUT2D eigenvalue weighted by Gasteiger charge is 2.46. The van der Waals surface area contributed by atoms with Crippen molar-refractivity contribution in [3.05, 3.63) is 35.4 Å². The Morgan fingerprint density at radius 3 is 2.42 bits per heavy atom. The molecule has 4 atom stereocenters. The Labute approximate surface area is 118 Å². The summed E-state index contributed by atoms with van der Waals surface area (Å²) in [6.45, 7) is 7.01. The Bertz CT molecular complexity index is 434. The van der Waals surface area contributed by atoms with Gasteiger partial charge >= 0.3 is 0 Å². The molecule has 0 saturated carbocycles. The van der Waals surface area contributed by atoms with Gasteiger partial charge in [0.2, 0.25) is 0 Å². The summed E-state index contributed by atoms with van der Waals surface area (Å²) >= 11 is 0. The van der Waals surface area contributed by atoms with Crippen LogP contribution in [0.2, 0.25) is 0 Å². The van der Waals surface area contributed by atoms with Gasteiger partial charge in [0.25, 0.3) is 0 Å². The predicted octanol–water partition coefficient (Wildman–Crippen LogP) is 4.22. The summed E-state index contributed by atoms with van der Waals surface area (Å²) in [5.41, 5.74) is 2.95. The van der Waals surface area contributed by atoms with Gasteiger partial charge in [-0.1, -0.05) is 43.7 Å². The van der Waals surface area contributed by atoms with Crippen molar-refractivity contribution < 1.29 is 0 Å². The van der Waals surface area contributed by atoms with Crippen LogP contribution < -0.4 is 0 Å². The maximum atomic E-state index is 2.68. The minimum Gasteiger partial charge on any atom is -0.300 e. The highest BCUT2D eigenvalue weighted by atomic mass is 15.2. The summed E-state index contributed by atoms with van der Waals surface area (Å²) < 4.78 is 0. The molecule has 2 aliphatic rings. The Hall–Kier alpha value is -0.820. The van der Waals surface area contributed by atoms with E-state index in [4.69, 9.17) is 0 Å². The first-order chi connectivity index (χ1) is 9.08. The molecule has 3 unspecified atom stereocenters. The number of hydrogen-bond donors (Lipinski definition) is 0. The van der Waals surface area contributed by atoms with Gasteiger partial charge in [0.15, 0.2) is 0 Å². The van der Waals surface area contributed by atoms with Crippen LogP contribution in [0.25, 0.3) is 0 Å². The highest BCUT2D eigenvalue weighted by molar-refractivity contribution is 5.27. The lowest BCUT2D eigenvalue weighted by Gasteiger charge is -2.45. The smallest absolute Gasteiger partial charge is 0.0132 e. The van der Waals surface area contributed by atoms with Crippen molar-refractivity contribution in [2.24, 2.45) is 11.8 Å². The van der Waals surface area contributed by atoms with Gasteiger partial charge in [-0.25, -0.2) is 0 Å². The van der Waals surface area contributed by atoms with E-state index in [0.717, 1.165) is 29.8 Å². The zero-order valence-corrected chi connectivity index (χ0v) is 12.8. The van der Waals surface area contributed by atoms with Crippen molar-refractivity contribution in [3.63, 3.8) is 0 Å². The van der Waals surface area contributed by atoms with E-state index in [-0.39, 0.29) is 0 Å². The maximum Gasteiger partial charge on any atom is 0.0132 e. The second-order valence-electron chi connectivity index (χ2n) is 7.04. The average molecular weight is 257 g/mol. The second-order valence-corrected chi connectivity index (χ2v) is 7.04. The molecule has 0 spiro atoms. The number of aryl methyl sites for hydroxylation is 1. The van der Waals surface area contributed by atoms with E-state index in [1.54, 1.807) is 5.56 Å². The molecule has 2 fully saturated rings. The minimum absolute atomic E-state index is 0.772. The molecular formula is C18H27N. The third kappa shape index (κ3) is 2.23. The van der Waals surface area contributed by atoms with E-state index in [1.807, 2.05) is 0 Å². The Morgan fingerprint density at radius 1 is 1.11 bits per heavy atom. The molecule has 0 radical (unpaired) electrons. The molecular weight excluding hydrogens is 230 g/mol. The molecule has 3 rings (SSSR count). The van der Waals surface area contributed by atoms with Crippen molar-refractivity contribution in [2.45, 2.75) is 58.0 Å². The average Bonchev–Trinajstić information content (AvgIpc) is 2.63. The SMILES string of the molecule is Cc1ccc([C@H]2CC3CCC(C2C(C)C)N3C)cc1. The molecule has 2 saturated heterocycles. The van der Waals surface area contributed by atoms with Gasteiger partial charge < -0.3 is 4.90 Å². The van der Waals surface area contributed by atoms with Crippen molar-refractivity contribution in [1.82, 2.24) is 4.90 Å². The normalized spacial score (nSPS) is 35.0. The number of benzene rings is 1. The number of fused-ring (bicyclic) bond motifs is 2. The fraction of sp³-hybridized carbons (Fsp3) is 0.667. The van der Waals surface area contributed by atoms with Crippen LogP contribution in [0.4, 0.5) is 0 Å². The molecule has 1 aromatic carbocycles. The molecule has 104 valence electrons. The molecule has 1 aromatic rings. The largest absolute Gasteiger partial charge is 0.300 e. The molecule has 1 heteroatoms. The van der Waals surface area contributed by atoms with Crippen LogP contribution in [0, 0.1) is 18.8 Å². The van der Waals surface area contributed by atoms with Crippen molar-refractivity contribution in [3.8, 4) is 0 Å². The second kappa shape index (κ2) is 4.94. The first-order valence-electron chi connectivity index (χ1n) is 7.86. The molecule has 1 nitrogen and oxygen atoms in total. The van der Waals surface area contributed by atoms with E-state index < -0.39 is 0 Å². The standard InChI is InChI=1S/C18H27N/c1-12(2)18-16(14-7-5-13(3)6-8-14)11-15-9-10-17(18)19(15)4/h5-8,12,15-18H,9-11H2,1-4H3/t15?,16-,17?,18?/m1/s1. The summed E-state index contributed by atoms with van der Waals surface area (Å²) in [5, 5.41) is 0. The number of nitrogens with zero attached hydrogens (tertiary/aromatic N) is 1. The fourth-order valence-corrected chi connectivity index (χ4v) is 4.59. The molecule has 0 N–H and O–H groups in total. The molecule has 0 aliphatic carbocycles. The van der Waals surface area contributed by atoms with Gasteiger partial charge in [-0.15, -0.1) is 0 Å². The topological polar surface area (TPSA) is 3.24 Å². The summed E-state index contributed by atoms with van der Waals surface area (Å²) in [7, 11) is 2.35. The maximum absolute atomic E-state index is 2.68. The number of piperidine rings is 1. The molecule has 2 aliphatic heterocycles. The van der Waals surface area contributed by atoms with Crippen LogP contribution in [0.1, 0.15) is 50.2 Å². The Kier molecular flexibility index (Phi) is 3.42. The Morgan fingerprint density at radius 2 is 1.79 bits per heavy atom. The van der Waals surface area contributed by atoms with E-state index in [9.17, 15) is 0 Å².